The molecule has 0 spiro atoms. The number of fused-ring (bicyclic) bond motifs is 1. The van der Waals surface area contributed by atoms with Crippen LogP contribution in [0.3, 0.4) is 0 Å². The number of carbonyl (C=O) groups is 1. The Morgan fingerprint density at radius 1 is 1.16 bits per heavy atom. The number of hydrogen-bond acceptors (Lipinski definition) is 5. The molecule has 8 heteroatoms. The number of benzene rings is 1. The van der Waals surface area contributed by atoms with Crippen molar-refractivity contribution in [3.8, 4) is 0 Å². The molecule has 1 amide bonds. The van der Waals surface area contributed by atoms with Crippen LogP contribution in [-0.2, 0) is 0 Å². The van der Waals surface area contributed by atoms with Crippen LogP contribution in [0.4, 0.5) is 0 Å². The number of carbonyl (C=O) groups excluding carboxylic acids is 1. The molecular formula is C17H16N4O3S. The third-order valence-corrected chi connectivity index (χ3v) is 5.35. The first-order valence-corrected chi connectivity index (χ1v) is 8.98. The summed E-state index contributed by atoms with van der Waals surface area (Å²) in [6.07, 6.45) is 4.69. The lowest BCUT2D eigenvalue weighted by Crippen LogP contribution is -2.38. The molecule has 25 heavy (non-hydrogen) atoms. The van der Waals surface area contributed by atoms with E-state index in [2.05, 4.69) is 15.0 Å². The molecule has 0 saturated carbocycles. The van der Waals surface area contributed by atoms with E-state index in [-0.39, 0.29) is 11.9 Å². The van der Waals surface area contributed by atoms with Gasteiger partial charge in [-0.05, 0) is 37.5 Å². The lowest BCUT2D eigenvalue weighted by Gasteiger charge is -2.34. The number of nitrogens with zero attached hydrogens (tertiary/aromatic N) is 2. The maximum absolute atomic E-state index is 13.0. The quantitative estimate of drug-likeness (QED) is 0.687. The van der Waals surface area contributed by atoms with E-state index >= 15 is 0 Å². The van der Waals surface area contributed by atoms with Gasteiger partial charge in [-0.3, -0.25) is 14.4 Å². The number of nitrogens with one attached hydrogen (secondary N) is 2. The molecule has 1 aromatic carbocycles. The lowest BCUT2D eigenvalue weighted by molar-refractivity contribution is 0.0611. The molecule has 2 aromatic heterocycles. The first kappa shape index (κ1) is 15.8. The zero-order valence-electron chi connectivity index (χ0n) is 13.3. The average Bonchev–Trinajstić information content (AvgIpc) is 3.16. The summed E-state index contributed by atoms with van der Waals surface area (Å²) >= 11 is 1.56. The Balaban J connectivity index is 1.71. The fraction of sp³-hybridized carbons (Fsp3) is 0.294. The molecule has 3 heterocycles. The summed E-state index contributed by atoms with van der Waals surface area (Å²) in [5.74, 6) is -0.0890. The van der Waals surface area contributed by atoms with E-state index in [1.165, 1.54) is 0 Å². The van der Waals surface area contributed by atoms with Crippen molar-refractivity contribution < 1.29 is 4.79 Å². The largest absolute Gasteiger partial charge is 0.329 e. The molecule has 128 valence electrons. The molecule has 4 rings (SSSR count). The maximum Gasteiger partial charge on any atom is 0.314 e. The van der Waals surface area contributed by atoms with Gasteiger partial charge in [0.25, 0.3) is 5.91 Å². The van der Waals surface area contributed by atoms with Crippen LogP contribution in [0.5, 0.6) is 0 Å². The van der Waals surface area contributed by atoms with Crippen LogP contribution in [0.2, 0.25) is 0 Å². The van der Waals surface area contributed by atoms with Gasteiger partial charge in [0.2, 0.25) is 0 Å². The SMILES string of the molecule is O=C(c1ccc2[nH]c(=O)c(=O)[nH]c2c1)N1CCCC[C@H]1c1nccs1. The molecule has 2 N–H and O–H groups in total. The van der Waals surface area contributed by atoms with Crippen molar-refractivity contribution >= 4 is 28.3 Å². The average molecular weight is 356 g/mol. The van der Waals surface area contributed by atoms with E-state index < -0.39 is 11.1 Å². The highest BCUT2D eigenvalue weighted by Crippen LogP contribution is 2.33. The van der Waals surface area contributed by atoms with E-state index in [0.29, 0.717) is 23.1 Å². The Morgan fingerprint density at radius 3 is 2.72 bits per heavy atom. The predicted molar refractivity (Wildman–Crippen MR) is 94.9 cm³/mol. The van der Waals surface area contributed by atoms with Crippen molar-refractivity contribution in [2.75, 3.05) is 6.54 Å². The Bertz CT molecular complexity index is 1040. The molecule has 1 fully saturated rings. The van der Waals surface area contributed by atoms with Crippen LogP contribution in [0.25, 0.3) is 11.0 Å². The number of likely N-dealkylation sites (tertiary alicyclic amines) is 1. The second-order valence-electron chi connectivity index (χ2n) is 6.05. The summed E-state index contributed by atoms with van der Waals surface area (Å²) in [4.78, 5) is 47.2. The van der Waals surface area contributed by atoms with Crippen molar-refractivity contribution in [3.63, 3.8) is 0 Å². The molecule has 1 aliphatic heterocycles. The van der Waals surface area contributed by atoms with E-state index in [0.717, 1.165) is 24.3 Å². The number of aromatic nitrogens is 3. The summed E-state index contributed by atoms with van der Waals surface area (Å²) in [5.41, 5.74) is -0.00430. The van der Waals surface area contributed by atoms with Gasteiger partial charge in [0.05, 0.1) is 17.1 Å². The van der Waals surface area contributed by atoms with E-state index in [4.69, 9.17) is 0 Å². The monoisotopic (exact) mass is 356 g/mol. The van der Waals surface area contributed by atoms with Crippen LogP contribution in [0, 0.1) is 0 Å². The third kappa shape index (κ3) is 2.89. The smallest absolute Gasteiger partial charge is 0.314 e. The van der Waals surface area contributed by atoms with Crippen LogP contribution in [0.15, 0.2) is 39.4 Å². The summed E-state index contributed by atoms with van der Waals surface area (Å²) in [7, 11) is 0. The van der Waals surface area contributed by atoms with Gasteiger partial charge in [0.15, 0.2) is 0 Å². The minimum absolute atomic E-state index is 0.00780. The third-order valence-electron chi connectivity index (χ3n) is 4.47. The molecule has 3 aromatic rings. The molecule has 0 aliphatic carbocycles. The molecule has 0 radical (unpaired) electrons. The summed E-state index contributed by atoms with van der Waals surface area (Å²) in [5, 5.41) is 2.87. The highest BCUT2D eigenvalue weighted by atomic mass is 32.1. The number of hydrogen-bond donors (Lipinski definition) is 2. The second-order valence-corrected chi connectivity index (χ2v) is 6.98. The van der Waals surface area contributed by atoms with Crippen LogP contribution >= 0.6 is 11.3 Å². The number of H-pyrrole nitrogens is 2. The molecule has 0 bridgehead atoms. The zero-order chi connectivity index (χ0) is 17.4. The molecule has 1 aliphatic rings. The molecular weight excluding hydrogens is 340 g/mol. The topological polar surface area (TPSA) is 98.9 Å². The van der Waals surface area contributed by atoms with E-state index in [9.17, 15) is 14.4 Å². The summed E-state index contributed by atoms with van der Waals surface area (Å²) in [6.45, 7) is 0.684. The standard InChI is InChI=1S/C17H16N4O3S/c22-14-15(23)20-12-9-10(4-5-11(12)19-14)17(24)21-7-2-1-3-13(21)16-18-6-8-25-16/h4-6,8-9,13H,1-3,7H2,(H,19,22)(H,20,23)/t13-/m0/s1. The number of thiazole rings is 1. The molecule has 0 unspecified atom stereocenters. The lowest BCUT2D eigenvalue weighted by atomic mass is 10.0. The second kappa shape index (κ2) is 6.29. The number of amides is 1. The zero-order valence-corrected chi connectivity index (χ0v) is 14.1. The molecule has 1 atom stereocenters. The Hall–Kier alpha value is -2.74. The van der Waals surface area contributed by atoms with Gasteiger partial charge in [-0.15, -0.1) is 11.3 Å². The van der Waals surface area contributed by atoms with Crippen LogP contribution < -0.4 is 11.1 Å². The minimum atomic E-state index is -0.726. The van der Waals surface area contributed by atoms with Gasteiger partial charge in [-0.2, -0.15) is 0 Å². The van der Waals surface area contributed by atoms with Gasteiger partial charge in [-0.25, -0.2) is 4.98 Å². The van der Waals surface area contributed by atoms with Crippen LogP contribution in [0.1, 0.15) is 40.7 Å². The Kier molecular flexibility index (Phi) is 3.96. The summed E-state index contributed by atoms with van der Waals surface area (Å²) in [6, 6.07) is 4.92. The van der Waals surface area contributed by atoms with Gasteiger partial charge >= 0.3 is 11.1 Å². The Labute approximate surface area is 146 Å². The van der Waals surface area contributed by atoms with Crippen molar-refractivity contribution in [1.82, 2.24) is 19.9 Å². The molecule has 7 nitrogen and oxygen atoms in total. The minimum Gasteiger partial charge on any atom is -0.329 e. The van der Waals surface area contributed by atoms with Crippen molar-refractivity contribution in [2.24, 2.45) is 0 Å². The van der Waals surface area contributed by atoms with Crippen LogP contribution in [-0.4, -0.2) is 32.3 Å². The van der Waals surface area contributed by atoms with Gasteiger partial charge in [-0.1, -0.05) is 0 Å². The highest BCUT2D eigenvalue weighted by molar-refractivity contribution is 7.09. The number of aromatic amines is 2. The van der Waals surface area contributed by atoms with Gasteiger partial charge < -0.3 is 14.9 Å². The van der Waals surface area contributed by atoms with E-state index in [1.54, 1.807) is 35.7 Å². The van der Waals surface area contributed by atoms with Crippen molar-refractivity contribution in [1.29, 1.82) is 0 Å². The maximum atomic E-state index is 13.0. The molecule has 1 saturated heterocycles. The predicted octanol–water partition coefficient (Wildman–Crippen LogP) is 2.04. The first-order valence-electron chi connectivity index (χ1n) is 8.10. The first-order chi connectivity index (χ1) is 12.1. The van der Waals surface area contributed by atoms with Crippen molar-refractivity contribution in [3.05, 3.63) is 61.1 Å². The Morgan fingerprint density at radius 2 is 1.96 bits per heavy atom. The number of piperidine rings is 1. The van der Waals surface area contributed by atoms with Crippen molar-refractivity contribution in [2.45, 2.75) is 25.3 Å². The fourth-order valence-electron chi connectivity index (χ4n) is 3.24. The number of rotatable bonds is 2. The van der Waals surface area contributed by atoms with Gasteiger partial charge in [0, 0.05) is 23.7 Å². The fourth-order valence-corrected chi connectivity index (χ4v) is 4.03. The summed E-state index contributed by atoms with van der Waals surface area (Å²) < 4.78 is 0. The van der Waals surface area contributed by atoms with Gasteiger partial charge in [0.1, 0.15) is 5.01 Å². The highest BCUT2D eigenvalue weighted by Gasteiger charge is 2.30. The normalized spacial score (nSPS) is 17.8. The van der Waals surface area contributed by atoms with E-state index in [1.807, 2.05) is 10.3 Å².